The van der Waals surface area contributed by atoms with Crippen LogP contribution in [0.25, 0.3) is 10.9 Å². The lowest BCUT2D eigenvalue weighted by atomic mass is 10.1. The molecule has 1 amide bonds. The summed E-state index contributed by atoms with van der Waals surface area (Å²) in [4.78, 5) is 20.9. The first kappa shape index (κ1) is 16.8. The van der Waals surface area contributed by atoms with Gasteiger partial charge in [0.25, 0.3) is 5.91 Å². The van der Waals surface area contributed by atoms with Crippen molar-refractivity contribution >= 4 is 16.8 Å². The molecule has 5 heteroatoms. The minimum Gasteiger partial charge on any atom is -0.340 e. The molecule has 1 aromatic carbocycles. The summed E-state index contributed by atoms with van der Waals surface area (Å²) >= 11 is 0. The predicted molar refractivity (Wildman–Crippen MR) is 93.6 cm³/mol. The summed E-state index contributed by atoms with van der Waals surface area (Å²) in [6, 6.07) is 8.23. The summed E-state index contributed by atoms with van der Waals surface area (Å²) < 4.78 is 13.8. The van der Waals surface area contributed by atoms with Crippen LogP contribution < -0.4 is 0 Å². The lowest BCUT2D eigenvalue weighted by molar-refractivity contribution is 0.0781. The average Bonchev–Trinajstić information content (AvgIpc) is 2.62. The van der Waals surface area contributed by atoms with E-state index in [0.29, 0.717) is 17.6 Å². The normalized spacial score (nSPS) is 15.6. The molecule has 3 rings (SSSR count). The Morgan fingerprint density at radius 1 is 1.21 bits per heavy atom. The maximum Gasteiger partial charge on any atom is 0.272 e. The van der Waals surface area contributed by atoms with Gasteiger partial charge in [-0.3, -0.25) is 4.79 Å². The minimum atomic E-state index is -0.394. The zero-order chi connectivity index (χ0) is 16.9. The number of aromatic nitrogens is 1. The molecular weight excluding hydrogens is 305 g/mol. The minimum absolute atomic E-state index is 0.154. The number of para-hydroxylation sites is 1. The van der Waals surface area contributed by atoms with Gasteiger partial charge in [0.2, 0.25) is 0 Å². The van der Waals surface area contributed by atoms with Gasteiger partial charge in [-0.25, -0.2) is 9.37 Å². The molecule has 0 unspecified atom stereocenters. The molecule has 0 aliphatic carbocycles. The number of nitrogens with zero attached hydrogens (tertiary/aromatic N) is 3. The number of hydrogen-bond acceptors (Lipinski definition) is 3. The Balaban J connectivity index is 1.59. The summed E-state index contributed by atoms with van der Waals surface area (Å²) in [5, 5.41) is 0.708. The lowest BCUT2D eigenvalue weighted by Gasteiger charge is -2.27. The fourth-order valence-corrected chi connectivity index (χ4v) is 3.24. The number of hydrogen-bond donors (Lipinski definition) is 0. The van der Waals surface area contributed by atoms with Crippen LogP contribution in [0.4, 0.5) is 4.39 Å². The molecule has 0 N–H and O–H groups in total. The van der Waals surface area contributed by atoms with Crippen LogP contribution in [-0.2, 0) is 0 Å². The maximum absolute atomic E-state index is 13.8. The molecule has 1 aliphatic heterocycles. The summed E-state index contributed by atoms with van der Waals surface area (Å²) in [5.74, 6) is -0.548. The number of benzene rings is 1. The van der Waals surface area contributed by atoms with E-state index in [1.165, 1.54) is 38.4 Å². The van der Waals surface area contributed by atoms with Gasteiger partial charge in [0.15, 0.2) is 0 Å². The molecule has 0 bridgehead atoms. The second kappa shape index (κ2) is 7.71. The van der Waals surface area contributed by atoms with E-state index < -0.39 is 5.82 Å². The molecule has 1 saturated heterocycles. The Labute approximate surface area is 142 Å². The van der Waals surface area contributed by atoms with Crippen LogP contribution in [0.5, 0.6) is 0 Å². The van der Waals surface area contributed by atoms with E-state index in [1.807, 2.05) is 0 Å². The van der Waals surface area contributed by atoms with Crippen LogP contribution in [0.15, 0.2) is 30.3 Å². The van der Waals surface area contributed by atoms with E-state index in [-0.39, 0.29) is 11.4 Å². The van der Waals surface area contributed by atoms with E-state index in [9.17, 15) is 9.18 Å². The summed E-state index contributed by atoms with van der Waals surface area (Å²) in [6.45, 7) is 4.05. The van der Waals surface area contributed by atoms with Crippen LogP contribution in [0.3, 0.4) is 0 Å². The molecular formula is C19H24FN3O. The smallest absolute Gasteiger partial charge is 0.272 e. The highest BCUT2D eigenvalue weighted by atomic mass is 19.1. The number of amides is 1. The highest BCUT2D eigenvalue weighted by Gasteiger charge is 2.15. The van der Waals surface area contributed by atoms with Gasteiger partial charge in [-0.2, -0.15) is 0 Å². The molecule has 128 valence electrons. The largest absolute Gasteiger partial charge is 0.340 e. The first-order valence-corrected chi connectivity index (χ1v) is 8.68. The topological polar surface area (TPSA) is 36.4 Å². The van der Waals surface area contributed by atoms with Gasteiger partial charge in [0, 0.05) is 19.0 Å². The van der Waals surface area contributed by atoms with Crippen LogP contribution in [0.2, 0.25) is 0 Å². The van der Waals surface area contributed by atoms with Crippen molar-refractivity contribution in [2.75, 3.05) is 33.2 Å². The predicted octanol–water partition coefficient (Wildman–Crippen LogP) is 3.32. The molecule has 2 heterocycles. The molecule has 2 aromatic rings. The number of piperidine rings is 1. The molecule has 0 atom stereocenters. The molecule has 0 radical (unpaired) electrons. The summed E-state index contributed by atoms with van der Waals surface area (Å²) in [5.41, 5.74) is 0.554. The summed E-state index contributed by atoms with van der Waals surface area (Å²) in [6.07, 6.45) is 4.84. The average molecular weight is 329 g/mol. The molecule has 24 heavy (non-hydrogen) atoms. The first-order chi connectivity index (χ1) is 11.6. The van der Waals surface area contributed by atoms with Crippen molar-refractivity contribution in [3.8, 4) is 0 Å². The Hall–Kier alpha value is -2.01. The van der Waals surface area contributed by atoms with E-state index in [4.69, 9.17) is 0 Å². The van der Waals surface area contributed by atoms with Gasteiger partial charge >= 0.3 is 0 Å². The fraction of sp³-hybridized carbons (Fsp3) is 0.474. The van der Waals surface area contributed by atoms with Crippen molar-refractivity contribution in [1.82, 2.24) is 14.8 Å². The first-order valence-electron chi connectivity index (χ1n) is 8.68. The van der Waals surface area contributed by atoms with Crippen LogP contribution >= 0.6 is 0 Å². The van der Waals surface area contributed by atoms with Gasteiger partial charge in [0.1, 0.15) is 17.0 Å². The number of carbonyl (C=O) groups excluding carboxylic acids is 1. The van der Waals surface area contributed by atoms with E-state index >= 15 is 0 Å². The third kappa shape index (κ3) is 3.90. The van der Waals surface area contributed by atoms with Crippen molar-refractivity contribution in [3.63, 3.8) is 0 Å². The number of pyridine rings is 1. The molecule has 1 aliphatic rings. The Morgan fingerprint density at radius 2 is 2.00 bits per heavy atom. The quantitative estimate of drug-likeness (QED) is 0.844. The molecule has 1 fully saturated rings. The van der Waals surface area contributed by atoms with Crippen molar-refractivity contribution in [1.29, 1.82) is 0 Å². The molecule has 1 aromatic heterocycles. The zero-order valence-electron chi connectivity index (χ0n) is 14.2. The van der Waals surface area contributed by atoms with Gasteiger partial charge in [-0.05, 0) is 51.0 Å². The Kier molecular flexibility index (Phi) is 5.41. The third-order valence-corrected chi connectivity index (χ3v) is 4.65. The van der Waals surface area contributed by atoms with Crippen LogP contribution in [0, 0.1) is 5.82 Å². The zero-order valence-corrected chi connectivity index (χ0v) is 14.2. The van der Waals surface area contributed by atoms with Gasteiger partial charge in [0.05, 0.1) is 0 Å². The number of likely N-dealkylation sites (tertiary alicyclic amines) is 1. The second-order valence-corrected chi connectivity index (χ2v) is 6.49. The SMILES string of the molecule is CN(CCCN1CCCCC1)C(=O)c1ccc2cccc(F)c2n1. The van der Waals surface area contributed by atoms with Crippen LogP contribution in [-0.4, -0.2) is 53.9 Å². The van der Waals surface area contributed by atoms with Crippen molar-refractivity contribution < 1.29 is 9.18 Å². The highest BCUT2D eigenvalue weighted by molar-refractivity contribution is 5.94. The molecule has 0 spiro atoms. The van der Waals surface area contributed by atoms with E-state index in [0.717, 1.165) is 13.0 Å². The van der Waals surface area contributed by atoms with Crippen molar-refractivity contribution in [3.05, 3.63) is 41.8 Å². The number of fused-ring (bicyclic) bond motifs is 1. The standard InChI is InChI=1S/C19H24FN3O/c1-22(11-6-14-23-12-3-2-4-13-23)19(24)17-10-9-15-7-5-8-16(20)18(15)21-17/h5,7-10H,2-4,6,11-14H2,1H3. The number of halogens is 1. The maximum atomic E-state index is 13.8. The third-order valence-electron chi connectivity index (χ3n) is 4.65. The van der Waals surface area contributed by atoms with E-state index in [2.05, 4.69) is 9.88 Å². The second-order valence-electron chi connectivity index (χ2n) is 6.49. The highest BCUT2D eigenvalue weighted by Crippen LogP contribution is 2.16. The van der Waals surface area contributed by atoms with Crippen LogP contribution in [0.1, 0.15) is 36.2 Å². The van der Waals surface area contributed by atoms with Gasteiger partial charge in [-0.15, -0.1) is 0 Å². The lowest BCUT2D eigenvalue weighted by Crippen LogP contribution is -2.34. The number of carbonyl (C=O) groups is 1. The molecule has 0 saturated carbocycles. The van der Waals surface area contributed by atoms with Crippen molar-refractivity contribution in [2.45, 2.75) is 25.7 Å². The fourth-order valence-electron chi connectivity index (χ4n) is 3.24. The van der Waals surface area contributed by atoms with E-state index in [1.54, 1.807) is 36.2 Å². The van der Waals surface area contributed by atoms with Crippen molar-refractivity contribution in [2.24, 2.45) is 0 Å². The van der Waals surface area contributed by atoms with Gasteiger partial charge in [-0.1, -0.05) is 24.6 Å². The van der Waals surface area contributed by atoms with Gasteiger partial charge < -0.3 is 9.80 Å². The Morgan fingerprint density at radius 3 is 2.79 bits per heavy atom. The summed E-state index contributed by atoms with van der Waals surface area (Å²) in [7, 11) is 1.78. The number of rotatable bonds is 5. The Bertz CT molecular complexity index is 713. The molecule has 4 nitrogen and oxygen atoms in total. The monoisotopic (exact) mass is 329 g/mol.